The van der Waals surface area contributed by atoms with Gasteiger partial charge in [-0.25, -0.2) is 0 Å². The lowest BCUT2D eigenvalue weighted by molar-refractivity contribution is 0.193. The van der Waals surface area contributed by atoms with Gasteiger partial charge in [-0.15, -0.1) is 0 Å². The summed E-state index contributed by atoms with van der Waals surface area (Å²) in [5.41, 5.74) is 0.629. The number of aromatic nitrogens is 1. The zero-order valence-electron chi connectivity index (χ0n) is 10.0. The second kappa shape index (κ2) is 4.97. The van der Waals surface area contributed by atoms with E-state index in [2.05, 4.69) is 23.9 Å². The van der Waals surface area contributed by atoms with Gasteiger partial charge in [-0.2, -0.15) is 0 Å². The molecule has 2 heterocycles. The van der Waals surface area contributed by atoms with Crippen molar-refractivity contribution >= 4 is 0 Å². The highest BCUT2D eigenvalue weighted by atomic mass is 16.5. The molecule has 0 spiro atoms. The Hall–Kier alpha value is -0.870. The molecule has 4 nitrogen and oxygen atoms in total. The third-order valence-corrected chi connectivity index (χ3v) is 3.29. The molecule has 1 aliphatic rings. The maximum Gasteiger partial charge on any atom is 0.138 e. The van der Waals surface area contributed by atoms with Gasteiger partial charge in [0, 0.05) is 24.6 Å². The molecule has 0 aliphatic carbocycles. The van der Waals surface area contributed by atoms with Crippen LogP contribution in [0.25, 0.3) is 0 Å². The normalized spacial score (nSPS) is 22.1. The highest BCUT2D eigenvalue weighted by molar-refractivity contribution is 5.06. The largest absolute Gasteiger partial charge is 0.390 e. The van der Waals surface area contributed by atoms with E-state index >= 15 is 0 Å². The van der Waals surface area contributed by atoms with Gasteiger partial charge in [-0.05, 0) is 33.2 Å². The Labute approximate surface area is 96.2 Å². The molecule has 90 valence electrons. The van der Waals surface area contributed by atoms with Gasteiger partial charge in [0.05, 0.1) is 6.61 Å². The van der Waals surface area contributed by atoms with Gasteiger partial charge in [0.2, 0.25) is 0 Å². The molecule has 1 unspecified atom stereocenters. The summed E-state index contributed by atoms with van der Waals surface area (Å²) in [4.78, 5) is 2.52. The maximum absolute atomic E-state index is 8.92. The third kappa shape index (κ3) is 2.44. The highest BCUT2D eigenvalue weighted by Crippen LogP contribution is 2.23. The molecule has 1 saturated heterocycles. The van der Waals surface area contributed by atoms with E-state index in [1.54, 1.807) is 0 Å². The minimum absolute atomic E-state index is 0.0396. The molecular formula is C12H20N2O2. The van der Waals surface area contributed by atoms with Gasteiger partial charge in [0.1, 0.15) is 11.5 Å². The molecule has 1 aromatic heterocycles. The highest BCUT2D eigenvalue weighted by Gasteiger charge is 2.27. The van der Waals surface area contributed by atoms with E-state index in [1.807, 2.05) is 6.07 Å². The Morgan fingerprint density at radius 3 is 3.06 bits per heavy atom. The van der Waals surface area contributed by atoms with Gasteiger partial charge in [0.15, 0.2) is 0 Å². The van der Waals surface area contributed by atoms with Crippen molar-refractivity contribution in [2.24, 2.45) is 0 Å². The molecule has 1 fully saturated rings. The molecule has 0 amide bonds. The zero-order chi connectivity index (χ0) is 11.5. The van der Waals surface area contributed by atoms with Gasteiger partial charge in [0.25, 0.3) is 0 Å². The summed E-state index contributed by atoms with van der Waals surface area (Å²) in [7, 11) is 0. The quantitative estimate of drug-likeness (QED) is 0.843. The number of rotatable bonds is 4. The van der Waals surface area contributed by atoms with E-state index in [0.29, 0.717) is 17.8 Å². The van der Waals surface area contributed by atoms with Crippen LogP contribution >= 0.6 is 0 Å². The van der Waals surface area contributed by atoms with Crippen molar-refractivity contribution in [3.63, 3.8) is 0 Å². The first-order valence-corrected chi connectivity index (χ1v) is 6.01. The Morgan fingerprint density at radius 2 is 2.44 bits per heavy atom. The topological polar surface area (TPSA) is 49.5 Å². The van der Waals surface area contributed by atoms with E-state index in [4.69, 9.17) is 9.63 Å². The van der Waals surface area contributed by atoms with Crippen LogP contribution in [0.2, 0.25) is 0 Å². The molecule has 0 aromatic carbocycles. The van der Waals surface area contributed by atoms with Crippen LogP contribution in [-0.4, -0.2) is 33.8 Å². The van der Waals surface area contributed by atoms with Crippen LogP contribution in [0.5, 0.6) is 0 Å². The molecule has 1 aromatic rings. The molecule has 1 aliphatic heterocycles. The molecule has 4 heteroatoms. The van der Waals surface area contributed by atoms with Crippen molar-refractivity contribution in [3.8, 4) is 0 Å². The van der Waals surface area contributed by atoms with E-state index < -0.39 is 0 Å². The first kappa shape index (κ1) is 11.6. The number of nitrogens with zero attached hydrogens (tertiary/aromatic N) is 2. The van der Waals surface area contributed by atoms with E-state index in [-0.39, 0.29) is 6.61 Å². The summed E-state index contributed by atoms with van der Waals surface area (Å²) >= 11 is 0. The monoisotopic (exact) mass is 224 g/mol. The molecule has 16 heavy (non-hydrogen) atoms. The van der Waals surface area contributed by atoms with Crippen LogP contribution in [0.1, 0.15) is 38.1 Å². The first-order chi connectivity index (χ1) is 7.70. The Balaban J connectivity index is 1.98. The molecular weight excluding hydrogens is 204 g/mol. The van der Waals surface area contributed by atoms with Crippen molar-refractivity contribution < 1.29 is 9.63 Å². The number of aliphatic hydroxyl groups excluding tert-OH is 1. The van der Waals surface area contributed by atoms with Crippen molar-refractivity contribution in [2.75, 3.05) is 6.54 Å². The maximum atomic E-state index is 8.92. The molecule has 2 rings (SSSR count). The van der Waals surface area contributed by atoms with Crippen LogP contribution in [0.3, 0.4) is 0 Å². The molecule has 0 bridgehead atoms. The fourth-order valence-corrected chi connectivity index (χ4v) is 2.52. The first-order valence-electron chi connectivity index (χ1n) is 6.01. The minimum atomic E-state index is -0.0396. The lowest BCUT2D eigenvalue weighted by Gasteiger charge is -2.27. The lowest BCUT2D eigenvalue weighted by Crippen LogP contribution is -2.36. The predicted molar refractivity (Wildman–Crippen MR) is 61.0 cm³/mol. The van der Waals surface area contributed by atoms with E-state index in [9.17, 15) is 0 Å². The summed E-state index contributed by atoms with van der Waals surface area (Å²) < 4.78 is 5.21. The Kier molecular flexibility index (Phi) is 3.61. The van der Waals surface area contributed by atoms with Crippen molar-refractivity contribution in [3.05, 3.63) is 17.5 Å². The molecule has 0 radical (unpaired) electrons. The second-order valence-electron chi connectivity index (χ2n) is 4.77. The van der Waals surface area contributed by atoms with Crippen LogP contribution in [0.4, 0.5) is 0 Å². The van der Waals surface area contributed by atoms with Crippen LogP contribution in [0, 0.1) is 0 Å². The van der Waals surface area contributed by atoms with Crippen molar-refractivity contribution in [2.45, 2.75) is 51.8 Å². The fraction of sp³-hybridized carbons (Fsp3) is 0.750. The molecule has 1 N–H and O–H groups in total. The third-order valence-electron chi connectivity index (χ3n) is 3.29. The Bertz CT molecular complexity index is 336. The number of aliphatic hydroxyl groups is 1. The van der Waals surface area contributed by atoms with Gasteiger partial charge in [-0.1, -0.05) is 5.16 Å². The van der Waals surface area contributed by atoms with Crippen LogP contribution in [-0.2, 0) is 13.0 Å². The lowest BCUT2D eigenvalue weighted by atomic mass is 10.1. The smallest absolute Gasteiger partial charge is 0.138 e. The van der Waals surface area contributed by atoms with E-state index in [0.717, 1.165) is 12.2 Å². The predicted octanol–water partition coefficient (Wildman–Crippen LogP) is 1.58. The number of hydrogen-bond donors (Lipinski definition) is 1. The fourth-order valence-electron chi connectivity index (χ4n) is 2.52. The molecule has 0 saturated carbocycles. The minimum Gasteiger partial charge on any atom is -0.390 e. The Morgan fingerprint density at radius 1 is 1.62 bits per heavy atom. The van der Waals surface area contributed by atoms with Gasteiger partial charge < -0.3 is 9.63 Å². The molecule has 1 atom stereocenters. The second-order valence-corrected chi connectivity index (χ2v) is 4.77. The summed E-state index contributed by atoms with van der Waals surface area (Å²) in [5, 5.41) is 12.7. The van der Waals surface area contributed by atoms with Gasteiger partial charge in [-0.3, -0.25) is 4.90 Å². The standard InChI is InChI=1S/C12H20N2O2/c1-9(2)14-5-3-4-11(14)7-12-6-10(8-15)13-16-12/h6,9,11,15H,3-5,7-8H2,1-2H3. The average Bonchev–Trinajstić information content (AvgIpc) is 2.87. The average molecular weight is 224 g/mol. The summed E-state index contributed by atoms with van der Waals surface area (Å²) in [6.07, 6.45) is 3.41. The van der Waals surface area contributed by atoms with Crippen molar-refractivity contribution in [1.82, 2.24) is 10.1 Å². The van der Waals surface area contributed by atoms with Gasteiger partial charge >= 0.3 is 0 Å². The van der Waals surface area contributed by atoms with Crippen LogP contribution < -0.4 is 0 Å². The summed E-state index contributed by atoms with van der Waals surface area (Å²) in [6, 6.07) is 3.02. The van der Waals surface area contributed by atoms with Crippen LogP contribution in [0.15, 0.2) is 10.6 Å². The SMILES string of the molecule is CC(C)N1CCCC1Cc1cc(CO)no1. The zero-order valence-corrected chi connectivity index (χ0v) is 10.0. The summed E-state index contributed by atoms with van der Waals surface area (Å²) in [6.45, 7) is 5.61. The van der Waals surface area contributed by atoms with Crippen molar-refractivity contribution in [1.29, 1.82) is 0 Å². The summed E-state index contributed by atoms with van der Waals surface area (Å²) in [5.74, 6) is 0.890. The van der Waals surface area contributed by atoms with E-state index in [1.165, 1.54) is 19.4 Å². The number of hydrogen-bond acceptors (Lipinski definition) is 4. The number of likely N-dealkylation sites (tertiary alicyclic amines) is 1.